The number of carbonyl (C=O) groups is 2. The molecule has 2 atom stereocenters. The highest BCUT2D eigenvalue weighted by atomic mass is 16.7. The van der Waals surface area contributed by atoms with Crippen LogP contribution in [0.2, 0.25) is 0 Å². The number of carbonyl (C=O) groups excluding carboxylic acids is 2. The van der Waals surface area contributed by atoms with E-state index in [2.05, 4.69) is 10.1 Å². The predicted molar refractivity (Wildman–Crippen MR) is 124 cm³/mol. The first-order chi connectivity index (χ1) is 15.8. The lowest BCUT2D eigenvalue weighted by Crippen LogP contribution is -2.59. The summed E-state index contributed by atoms with van der Waals surface area (Å²) in [6, 6.07) is 13.1. The number of piperidine rings is 1. The van der Waals surface area contributed by atoms with Gasteiger partial charge in [0.1, 0.15) is 11.2 Å². The molecule has 0 unspecified atom stereocenters. The van der Waals surface area contributed by atoms with E-state index < -0.39 is 11.0 Å². The number of pyridine rings is 1. The third-order valence-electron chi connectivity index (χ3n) is 6.49. The largest absolute Gasteiger partial charge is 0.497 e. The number of likely N-dealkylation sites (N-methyl/N-ethyl adjacent to an activating group) is 1. The lowest BCUT2D eigenvalue weighted by molar-refractivity contribution is -0.157. The van der Waals surface area contributed by atoms with Crippen LogP contribution in [0.15, 0.2) is 53.8 Å². The zero-order chi connectivity index (χ0) is 23.6. The summed E-state index contributed by atoms with van der Waals surface area (Å²) in [5.41, 5.74) is 0.285. The number of amides is 2. The molecule has 0 N–H and O–H groups in total. The van der Waals surface area contributed by atoms with Crippen LogP contribution < -0.4 is 4.74 Å². The summed E-state index contributed by atoms with van der Waals surface area (Å²) in [5.74, 6) is 0.537. The quantitative estimate of drug-likeness (QED) is 0.699. The highest BCUT2D eigenvalue weighted by Gasteiger charge is 2.51. The van der Waals surface area contributed by atoms with Crippen molar-refractivity contribution in [1.82, 2.24) is 14.8 Å². The minimum atomic E-state index is -1.12. The molecule has 0 aliphatic carbocycles. The van der Waals surface area contributed by atoms with E-state index in [0.717, 1.165) is 11.3 Å². The number of nitrogens with zero attached hydrogens (tertiary/aromatic N) is 4. The third-order valence-corrected chi connectivity index (χ3v) is 6.49. The van der Waals surface area contributed by atoms with E-state index in [1.165, 1.54) is 0 Å². The summed E-state index contributed by atoms with van der Waals surface area (Å²) in [4.78, 5) is 40.6. The molecule has 1 fully saturated rings. The van der Waals surface area contributed by atoms with Crippen LogP contribution in [-0.2, 0) is 19.8 Å². The second kappa shape index (κ2) is 8.84. The van der Waals surface area contributed by atoms with Crippen LogP contribution in [0.5, 0.6) is 5.75 Å². The minimum Gasteiger partial charge on any atom is -0.497 e. The minimum absolute atomic E-state index is 0.0497. The Morgan fingerprint density at radius 2 is 1.91 bits per heavy atom. The lowest BCUT2D eigenvalue weighted by atomic mass is 9.75. The Labute approximate surface area is 194 Å². The molecule has 1 saturated heterocycles. The van der Waals surface area contributed by atoms with Crippen molar-refractivity contribution >= 4 is 17.5 Å². The molecular formula is C25H30N4O4. The maximum absolute atomic E-state index is 13.7. The van der Waals surface area contributed by atoms with Gasteiger partial charge < -0.3 is 19.4 Å². The Kier molecular flexibility index (Phi) is 6.10. The molecule has 2 aliphatic rings. The van der Waals surface area contributed by atoms with Crippen molar-refractivity contribution in [3.63, 3.8) is 0 Å². The normalized spacial score (nSPS) is 24.6. The molecule has 3 heterocycles. The van der Waals surface area contributed by atoms with Gasteiger partial charge in [0.15, 0.2) is 0 Å². The molecule has 8 nitrogen and oxygen atoms in total. The first-order valence-electron chi connectivity index (χ1n) is 11.1. The second-order valence-corrected chi connectivity index (χ2v) is 9.09. The highest BCUT2D eigenvalue weighted by Crippen LogP contribution is 2.37. The molecule has 1 aromatic carbocycles. The van der Waals surface area contributed by atoms with Gasteiger partial charge in [-0.25, -0.2) is 0 Å². The van der Waals surface area contributed by atoms with Gasteiger partial charge in [-0.3, -0.25) is 14.6 Å². The first-order valence-corrected chi connectivity index (χ1v) is 11.1. The van der Waals surface area contributed by atoms with Crippen molar-refractivity contribution < 1.29 is 19.2 Å². The smallest absolute Gasteiger partial charge is 0.269 e. The molecule has 8 heteroatoms. The average Bonchev–Trinajstić information content (AvgIpc) is 3.26. The van der Waals surface area contributed by atoms with Crippen LogP contribution in [0.1, 0.15) is 37.4 Å². The van der Waals surface area contributed by atoms with E-state index in [1.807, 2.05) is 42.5 Å². The van der Waals surface area contributed by atoms with Gasteiger partial charge in [-0.2, -0.15) is 0 Å². The number of methoxy groups -OCH3 is 1. The second-order valence-electron chi connectivity index (χ2n) is 9.09. The summed E-state index contributed by atoms with van der Waals surface area (Å²) in [7, 11) is 5.10. The lowest BCUT2D eigenvalue weighted by Gasteiger charge is -2.43. The van der Waals surface area contributed by atoms with Crippen molar-refractivity contribution in [2.24, 2.45) is 5.16 Å². The Bertz CT molecular complexity index is 1050. The van der Waals surface area contributed by atoms with Crippen LogP contribution in [0.25, 0.3) is 0 Å². The number of hydrogen-bond acceptors (Lipinski definition) is 6. The number of oxime groups is 1. The average molecular weight is 451 g/mol. The molecule has 2 aliphatic heterocycles. The van der Waals surface area contributed by atoms with Crippen molar-refractivity contribution in [3.8, 4) is 5.75 Å². The predicted octanol–water partition coefficient (Wildman–Crippen LogP) is 2.62. The number of rotatable bonds is 5. The molecule has 1 aromatic heterocycles. The van der Waals surface area contributed by atoms with E-state index in [1.54, 1.807) is 44.1 Å². The number of hydrogen-bond donors (Lipinski definition) is 0. The van der Waals surface area contributed by atoms with Gasteiger partial charge >= 0.3 is 0 Å². The van der Waals surface area contributed by atoms with Crippen molar-refractivity contribution in [2.45, 2.75) is 37.2 Å². The summed E-state index contributed by atoms with van der Waals surface area (Å²) < 4.78 is 5.21. The van der Waals surface area contributed by atoms with E-state index in [4.69, 9.17) is 9.57 Å². The van der Waals surface area contributed by atoms with E-state index >= 15 is 0 Å². The van der Waals surface area contributed by atoms with Crippen LogP contribution in [0, 0.1) is 0 Å². The molecule has 174 valence electrons. The molecule has 33 heavy (non-hydrogen) atoms. The Morgan fingerprint density at radius 1 is 1.15 bits per heavy atom. The van der Waals surface area contributed by atoms with Gasteiger partial charge in [-0.1, -0.05) is 11.2 Å². The molecule has 0 spiro atoms. The van der Waals surface area contributed by atoms with Gasteiger partial charge in [0, 0.05) is 39.8 Å². The first kappa shape index (κ1) is 22.8. The molecule has 0 saturated carbocycles. The van der Waals surface area contributed by atoms with Crippen molar-refractivity contribution in [1.29, 1.82) is 0 Å². The fraction of sp³-hybridized carbons (Fsp3) is 0.440. The summed E-state index contributed by atoms with van der Waals surface area (Å²) >= 11 is 0. The third kappa shape index (κ3) is 4.17. The monoisotopic (exact) mass is 450 g/mol. The van der Waals surface area contributed by atoms with E-state index in [0.29, 0.717) is 37.2 Å². The summed E-state index contributed by atoms with van der Waals surface area (Å²) in [6.45, 7) is 2.59. The number of likely N-dealkylation sites (tertiary alicyclic amines) is 1. The Hall–Kier alpha value is -3.42. The van der Waals surface area contributed by atoms with Gasteiger partial charge in [0.25, 0.3) is 5.91 Å². The maximum Gasteiger partial charge on any atom is 0.269 e. The Morgan fingerprint density at radius 3 is 2.55 bits per heavy atom. The fourth-order valence-corrected chi connectivity index (χ4v) is 4.72. The summed E-state index contributed by atoms with van der Waals surface area (Å²) in [6.07, 6.45) is 3.38. The fourth-order valence-electron chi connectivity index (χ4n) is 4.72. The number of aromatic nitrogens is 1. The molecule has 0 bridgehead atoms. The zero-order valence-electron chi connectivity index (χ0n) is 19.6. The standard InChI is InChI=1S/C25H30N4O4/c1-24(16-20(27-33-24)18-9-11-19(32-4)12-10-18)22(30)29-15-7-13-25(17-29,23(31)28(2)3)21-8-5-6-14-26-21/h5-6,8-12,14H,7,13,15-17H2,1-4H3/t24-,25-/m0/s1. The molecular weight excluding hydrogens is 420 g/mol. The summed E-state index contributed by atoms with van der Waals surface area (Å²) in [5, 5.41) is 4.23. The van der Waals surface area contributed by atoms with E-state index in [-0.39, 0.29) is 18.4 Å². The molecule has 2 aromatic rings. The van der Waals surface area contributed by atoms with Crippen LogP contribution in [0.3, 0.4) is 0 Å². The number of ether oxygens (including phenoxy) is 1. The van der Waals surface area contributed by atoms with Gasteiger partial charge in [-0.05, 0) is 61.7 Å². The molecule has 0 radical (unpaired) electrons. The zero-order valence-corrected chi connectivity index (χ0v) is 19.6. The molecule has 2 amide bonds. The van der Waals surface area contributed by atoms with Gasteiger partial charge in [-0.15, -0.1) is 0 Å². The van der Waals surface area contributed by atoms with Crippen molar-refractivity contribution in [2.75, 3.05) is 34.3 Å². The highest BCUT2D eigenvalue weighted by molar-refractivity contribution is 6.05. The number of benzene rings is 1. The topological polar surface area (TPSA) is 84.3 Å². The van der Waals surface area contributed by atoms with Gasteiger partial charge in [0.2, 0.25) is 11.5 Å². The van der Waals surface area contributed by atoms with Crippen LogP contribution >= 0.6 is 0 Å². The van der Waals surface area contributed by atoms with Crippen molar-refractivity contribution in [3.05, 3.63) is 59.9 Å². The van der Waals surface area contributed by atoms with Gasteiger partial charge in [0.05, 0.1) is 18.5 Å². The van der Waals surface area contributed by atoms with Crippen LogP contribution in [-0.4, -0.2) is 72.2 Å². The van der Waals surface area contributed by atoms with Crippen LogP contribution in [0.4, 0.5) is 0 Å². The maximum atomic E-state index is 13.7. The molecule has 4 rings (SSSR count). The SMILES string of the molecule is COc1ccc(C2=NO[C@](C)(C(=O)N3CCC[C@@](C(=O)N(C)C)(c4ccccn4)C3)C2)cc1. The van der Waals surface area contributed by atoms with E-state index in [9.17, 15) is 9.59 Å². The Balaban J connectivity index is 1.56.